The lowest BCUT2D eigenvalue weighted by Crippen LogP contribution is -2.44. The zero-order valence-corrected chi connectivity index (χ0v) is 13.1. The van der Waals surface area contributed by atoms with Crippen LogP contribution in [0, 0.1) is 5.82 Å². The first kappa shape index (κ1) is 14.6. The van der Waals surface area contributed by atoms with Crippen molar-refractivity contribution >= 4 is 5.69 Å². The Balaban J connectivity index is 1.74. The van der Waals surface area contributed by atoms with E-state index in [9.17, 15) is 4.39 Å². The van der Waals surface area contributed by atoms with Crippen LogP contribution < -0.4 is 10.2 Å². The number of rotatable bonds is 3. The van der Waals surface area contributed by atoms with Gasteiger partial charge in [-0.05, 0) is 25.0 Å². The van der Waals surface area contributed by atoms with Gasteiger partial charge in [-0.2, -0.15) is 0 Å². The van der Waals surface area contributed by atoms with Gasteiger partial charge < -0.3 is 10.2 Å². The van der Waals surface area contributed by atoms with Gasteiger partial charge in [-0.15, -0.1) is 0 Å². The number of aromatic nitrogens is 2. The van der Waals surface area contributed by atoms with E-state index >= 15 is 0 Å². The molecule has 1 N–H and O–H groups in total. The van der Waals surface area contributed by atoms with Gasteiger partial charge in [-0.3, -0.25) is 0 Å². The normalized spacial score (nSPS) is 18.7. The molecule has 1 aromatic carbocycles. The van der Waals surface area contributed by atoms with E-state index in [0.717, 1.165) is 37.6 Å². The average Bonchev–Trinajstić information content (AvgIpc) is 2.55. The summed E-state index contributed by atoms with van der Waals surface area (Å²) in [4.78, 5) is 11.6. The van der Waals surface area contributed by atoms with E-state index in [-0.39, 0.29) is 5.82 Å². The topological polar surface area (TPSA) is 41.1 Å². The van der Waals surface area contributed by atoms with Gasteiger partial charge in [0.05, 0.1) is 23.1 Å². The van der Waals surface area contributed by atoms with Gasteiger partial charge in [0.2, 0.25) is 0 Å². The van der Waals surface area contributed by atoms with E-state index in [2.05, 4.69) is 15.2 Å². The zero-order valence-electron chi connectivity index (χ0n) is 13.1. The molecule has 1 saturated heterocycles. The molecule has 1 saturated carbocycles. The first-order valence-corrected chi connectivity index (χ1v) is 8.40. The maximum Gasteiger partial charge on any atom is 0.162 e. The Morgan fingerprint density at radius 3 is 2.61 bits per heavy atom. The van der Waals surface area contributed by atoms with Crippen LogP contribution in [0.1, 0.15) is 30.9 Å². The van der Waals surface area contributed by atoms with Gasteiger partial charge in [-0.1, -0.05) is 18.6 Å². The van der Waals surface area contributed by atoms with Crippen molar-refractivity contribution in [2.45, 2.75) is 25.2 Å². The highest BCUT2D eigenvalue weighted by Crippen LogP contribution is 2.40. The maximum atomic E-state index is 14.1. The van der Waals surface area contributed by atoms with Gasteiger partial charge in [0, 0.05) is 32.1 Å². The van der Waals surface area contributed by atoms with Crippen LogP contribution in [0.2, 0.25) is 0 Å². The Labute approximate surface area is 135 Å². The molecular weight excluding hydrogens is 291 g/mol. The smallest absolute Gasteiger partial charge is 0.162 e. The number of hydrogen-bond acceptors (Lipinski definition) is 4. The molecule has 2 aromatic rings. The minimum absolute atomic E-state index is 0.262. The van der Waals surface area contributed by atoms with E-state index in [4.69, 9.17) is 4.98 Å². The monoisotopic (exact) mass is 312 g/mol. The molecule has 0 bridgehead atoms. The first-order chi connectivity index (χ1) is 11.3. The van der Waals surface area contributed by atoms with Crippen molar-refractivity contribution in [2.24, 2.45) is 0 Å². The maximum absolute atomic E-state index is 14.1. The van der Waals surface area contributed by atoms with Gasteiger partial charge in [-0.25, -0.2) is 14.4 Å². The molecule has 0 amide bonds. The molecule has 1 aliphatic carbocycles. The summed E-state index contributed by atoms with van der Waals surface area (Å²) in [5.41, 5.74) is 2.72. The number of nitrogens with one attached hydrogen (secondary N) is 1. The molecule has 0 spiro atoms. The zero-order chi connectivity index (χ0) is 15.6. The molecule has 2 heterocycles. The average molecular weight is 312 g/mol. The second-order valence-corrected chi connectivity index (χ2v) is 6.31. The van der Waals surface area contributed by atoms with Crippen LogP contribution in [0.4, 0.5) is 10.1 Å². The molecule has 1 aliphatic heterocycles. The van der Waals surface area contributed by atoms with Crippen molar-refractivity contribution in [2.75, 3.05) is 31.1 Å². The summed E-state index contributed by atoms with van der Waals surface area (Å²) in [7, 11) is 0. The fraction of sp³-hybridized carbons (Fsp3) is 0.444. The van der Waals surface area contributed by atoms with Crippen LogP contribution in [0.25, 0.3) is 11.4 Å². The molecule has 0 atom stereocenters. The Morgan fingerprint density at radius 2 is 1.91 bits per heavy atom. The standard InChI is InChI=1S/C18H21FN4/c19-15-7-2-1-6-14(15)18-21-12-16(23-10-8-20-9-11-23)17(22-18)13-4-3-5-13/h1-2,6-7,12-13,20H,3-5,8-11H2. The first-order valence-electron chi connectivity index (χ1n) is 8.40. The molecule has 4 rings (SSSR count). The summed E-state index contributed by atoms with van der Waals surface area (Å²) in [6, 6.07) is 6.74. The second kappa shape index (κ2) is 6.24. The van der Waals surface area contributed by atoms with Crippen molar-refractivity contribution in [3.8, 4) is 11.4 Å². The minimum Gasteiger partial charge on any atom is -0.366 e. The van der Waals surface area contributed by atoms with E-state index in [1.54, 1.807) is 12.1 Å². The molecule has 0 unspecified atom stereocenters. The third-order valence-corrected chi connectivity index (χ3v) is 4.86. The van der Waals surface area contributed by atoms with E-state index in [0.29, 0.717) is 17.3 Å². The number of halogens is 1. The molecule has 4 nitrogen and oxygen atoms in total. The van der Waals surface area contributed by atoms with E-state index < -0.39 is 0 Å². The summed E-state index contributed by atoms with van der Waals surface area (Å²) in [6.45, 7) is 3.92. The van der Waals surface area contributed by atoms with Crippen LogP contribution in [-0.4, -0.2) is 36.1 Å². The molecule has 0 radical (unpaired) electrons. The van der Waals surface area contributed by atoms with Gasteiger partial charge >= 0.3 is 0 Å². The van der Waals surface area contributed by atoms with Crippen LogP contribution in [0.5, 0.6) is 0 Å². The largest absolute Gasteiger partial charge is 0.366 e. The molecular formula is C18H21FN4. The summed E-state index contributed by atoms with van der Waals surface area (Å²) in [5, 5.41) is 3.37. The fourth-order valence-corrected chi connectivity index (χ4v) is 3.29. The van der Waals surface area contributed by atoms with Crippen molar-refractivity contribution < 1.29 is 4.39 Å². The van der Waals surface area contributed by atoms with Crippen molar-refractivity contribution in [3.05, 3.63) is 42.0 Å². The number of benzene rings is 1. The van der Waals surface area contributed by atoms with E-state index in [1.165, 1.54) is 25.3 Å². The highest BCUT2D eigenvalue weighted by Gasteiger charge is 2.27. The Morgan fingerprint density at radius 1 is 1.13 bits per heavy atom. The lowest BCUT2D eigenvalue weighted by atomic mass is 9.82. The molecule has 120 valence electrons. The SMILES string of the molecule is Fc1ccccc1-c1ncc(N2CCNCC2)c(C2CCC2)n1. The summed E-state index contributed by atoms with van der Waals surface area (Å²) < 4.78 is 14.1. The number of hydrogen-bond donors (Lipinski definition) is 1. The molecule has 2 aliphatic rings. The van der Waals surface area contributed by atoms with Gasteiger partial charge in [0.25, 0.3) is 0 Å². The summed E-state index contributed by atoms with van der Waals surface area (Å²) in [5.74, 6) is 0.735. The molecule has 5 heteroatoms. The lowest BCUT2D eigenvalue weighted by molar-refractivity contribution is 0.410. The Bertz CT molecular complexity index is 693. The highest BCUT2D eigenvalue weighted by atomic mass is 19.1. The predicted molar refractivity (Wildman–Crippen MR) is 89.1 cm³/mol. The Kier molecular flexibility index (Phi) is 3.95. The van der Waals surface area contributed by atoms with Crippen molar-refractivity contribution in [3.63, 3.8) is 0 Å². The van der Waals surface area contributed by atoms with Crippen molar-refractivity contribution in [1.29, 1.82) is 0 Å². The fourth-order valence-electron chi connectivity index (χ4n) is 3.29. The number of piperazine rings is 1. The van der Waals surface area contributed by atoms with Gasteiger partial charge in [0.15, 0.2) is 5.82 Å². The summed E-state index contributed by atoms with van der Waals surface area (Å²) in [6.07, 6.45) is 5.50. The van der Waals surface area contributed by atoms with Crippen LogP contribution >= 0.6 is 0 Å². The third kappa shape index (κ3) is 2.81. The minimum atomic E-state index is -0.262. The van der Waals surface area contributed by atoms with Crippen LogP contribution in [-0.2, 0) is 0 Å². The van der Waals surface area contributed by atoms with E-state index in [1.807, 2.05) is 12.3 Å². The van der Waals surface area contributed by atoms with Gasteiger partial charge in [0.1, 0.15) is 5.82 Å². The predicted octanol–water partition coefficient (Wildman–Crippen LogP) is 2.96. The number of anilines is 1. The molecule has 1 aromatic heterocycles. The number of nitrogens with zero attached hydrogens (tertiary/aromatic N) is 3. The second-order valence-electron chi connectivity index (χ2n) is 6.31. The Hall–Kier alpha value is -2.01. The lowest BCUT2D eigenvalue weighted by Gasteiger charge is -2.34. The molecule has 23 heavy (non-hydrogen) atoms. The van der Waals surface area contributed by atoms with Crippen LogP contribution in [0.15, 0.2) is 30.5 Å². The van der Waals surface area contributed by atoms with Crippen molar-refractivity contribution in [1.82, 2.24) is 15.3 Å². The summed E-state index contributed by atoms with van der Waals surface area (Å²) >= 11 is 0. The molecule has 2 fully saturated rings. The quantitative estimate of drug-likeness (QED) is 0.946. The highest BCUT2D eigenvalue weighted by molar-refractivity contribution is 5.60. The third-order valence-electron chi connectivity index (χ3n) is 4.86. The van der Waals surface area contributed by atoms with Crippen LogP contribution in [0.3, 0.4) is 0 Å².